The number of rotatable bonds is 3. The van der Waals surface area contributed by atoms with Crippen LogP contribution in [-0.2, 0) is 0 Å². The number of para-hydroxylation sites is 1. The maximum absolute atomic E-state index is 6.20. The maximum atomic E-state index is 6.20. The van der Waals surface area contributed by atoms with Crippen molar-refractivity contribution < 1.29 is 4.42 Å². The molecule has 4 heteroatoms. The first-order valence-electron chi connectivity index (χ1n) is 14.8. The quantitative estimate of drug-likeness (QED) is 0.201. The minimum Gasteiger partial charge on any atom is -0.456 e. The average Bonchev–Trinajstić information content (AvgIpc) is 3.46. The molecule has 0 amide bonds. The fourth-order valence-electron chi connectivity index (χ4n) is 6.47. The first-order chi connectivity index (χ1) is 21.7. The Morgan fingerprint density at radius 3 is 1.91 bits per heavy atom. The Kier molecular flexibility index (Phi) is 5.38. The topological polar surface area (TPSA) is 51.8 Å². The van der Waals surface area contributed by atoms with E-state index in [0.29, 0.717) is 17.5 Å². The second-order valence-corrected chi connectivity index (χ2v) is 11.3. The number of aromatic nitrogens is 3. The summed E-state index contributed by atoms with van der Waals surface area (Å²) >= 11 is 0. The van der Waals surface area contributed by atoms with Crippen LogP contribution in [0.2, 0.25) is 0 Å². The Hall–Kier alpha value is -5.87. The predicted octanol–water partition coefficient (Wildman–Crippen LogP) is 10.5. The van der Waals surface area contributed by atoms with Crippen molar-refractivity contribution in [2.24, 2.45) is 0 Å². The summed E-state index contributed by atoms with van der Waals surface area (Å²) in [6.45, 7) is 2.09. The fraction of sp³-hybridized carbons (Fsp3) is 0.0250. The van der Waals surface area contributed by atoms with Gasteiger partial charge < -0.3 is 4.42 Å². The Morgan fingerprint density at radius 1 is 0.432 bits per heavy atom. The van der Waals surface area contributed by atoms with Gasteiger partial charge in [-0.25, -0.2) is 15.0 Å². The zero-order chi connectivity index (χ0) is 29.2. The molecule has 4 nitrogen and oxygen atoms in total. The maximum Gasteiger partial charge on any atom is 0.164 e. The third-order valence-corrected chi connectivity index (χ3v) is 8.56. The molecule has 0 unspecified atom stereocenters. The van der Waals surface area contributed by atoms with E-state index in [1.165, 1.54) is 26.9 Å². The van der Waals surface area contributed by atoms with Gasteiger partial charge in [-0.15, -0.1) is 0 Å². The van der Waals surface area contributed by atoms with Crippen molar-refractivity contribution in [3.63, 3.8) is 0 Å². The van der Waals surface area contributed by atoms with E-state index in [2.05, 4.69) is 104 Å². The zero-order valence-electron chi connectivity index (χ0n) is 24.0. The van der Waals surface area contributed by atoms with Gasteiger partial charge in [0.2, 0.25) is 0 Å². The minimum atomic E-state index is 0.619. The molecule has 0 aliphatic rings. The van der Waals surface area contributed by atoms with Crippen molar-refractivity contribution in [3.8, 4) is 34.2 Å². The van der Waals surface area contributed by atoms with Gasteiger partial charge in [-0.2, -0.15) is 0 Å². The standard InChI is InChI=1S/C40H25N3O/c1-24-8-6-10-27(22-24)38-41-39(43-40(42-38)34-13-7-15-36-37(34)33-12-4-5-14-35(33)44-36)28-18-19-30-26(23-28)17-21-31-29-11-3-2-9-25(29)16-20-32(30)31/h2-23H,1H3. The van der Waals surface area contributed by atoms with Crippen LogP contribution in [-0.4, -0.2) is 15.0 Å². The number of hydrogen-bond acceptors (Lipinski definition) is 4. The van der Waals surface area contributed by atoms with E-state index in [0.717, 1.165) is 49.6 Å². The Bertz CT molecular complexity index is 2580. The lowest BCUT2D eigenvalue weighted by Crippen LogP contribution is -2.00. The molecule has 206 valence electrons. The first kappa shape index (κ1) is 24.7. The predicted molar refractivity (Wildman–Crippen MR) is 181 cm³/mol. The Morgan fingerprint density at radius 2 is 1.07 bits per heavy atom. The van der Waals surface area contributed by atoms with Gasteiger partial charge in [0, 0.05) is 27.5 Å². The normalized spacial score (nSPS) is 11.8. The monoisotopic (exact) mass is 563 g/mol. The number of nitrogens with zero attached hydrogens (tertiary/aromatic N) is 3. The molecule has 0 aliphatic heterocycles. The van der Waals surface area contributed by atoms with Crippen molar-refractivity contribution in [2.45, 2.75) is 6.92 Å². The molecule has 44 heavy (non-hydrogen) atoms. The third-order valence-electron chi connectivity index (χ3n) is 8.56. The molecule has 0 radical (unpaired) electrons. The molecule has 0 saturated heterocycles. The minimum absolute atomic E-state index is 0.619. The van der Waals surface area contributed by atoms with Crippen LogP contribution in [0.1, 0.15) is 5.56 Å². The second-order valence-electron chi connectivity index (χ2n) is 11.3. The average molecular weight is 564 g/mol. The number of hydrogen-bond donors (Lipinski definition) is 0. The van der Waals surface area contributed by atoms with Crippen LogP contribution in [0.15, 0.2) is 138 Å². The van der Waals surface area contributed by atoms with E-state index >= 15 is 0 Å². The summed E-state index contributed by atoms with van der Waals surface area (Å²) in [5, 5.41) is 9.41. The molecular formula is C40H25N3O. The summed E-state index contributed by atoms with van der Waals surface area (Å²) in [7, 11) is 0. The van der Waals surface area contributed by atoms with Crippen LogP contribution < -0.4 is 0 Å². The molecule has 9 rings (SSSR count). The van der Waals surface area contributed by atoms with Gasteiger partial charge in [0.15, 0.2) is 17.5 Å². The molecule has 0 aliphatic carbocycles. The summed E-state index contributed by atoms with van der Waals surface area (Å²) in [6.07, 6.45) is 0. The molecule has 0 saturated carbocycles. The van der Waals surface area contributed by atoms with Gasteiger partial charge in [-0.3, -0.25) is 0 Å². The highest BCUT2D eigenvalue weighted by Gasteiger charge is 2.18. The highest BCUT2D eigenvalue weighted by atomic mass is 16.3. The summed E-state index contributed by atoms with van der Waals surface area (Å²) in [5.41, 5.74) is 5.63. The first-order valence-corrected chi connectivity index (χ1v) is 14.8. The molecule has 7 aromatic carbocycles. The molecule has 0 bridgehead atoms. The fourth-order valence-corrected chi connectivity index (χ4v) is 6.47. The number of aryl methyl sites for hydroxylation is 1. The zero-order valence-corrected chi connectivity index (χ0v) is 24.0. The summed E-state index contributed by atoms with van der Waals surface area (Å²) in [5.74, 6) is 1.90. The highest BCUT2D eigenvalue weighted by molar-refractivity contribution is 6.17. The van der Waals surface area contributed by atoms with Gasteiger partial charge >= 0.3 is 0 Å². The largest absolute Gasteiger partial charge is 0.456 e. The second kappa shape index (κ2) is 9.58. The number of fused-ring (bicyclic) bond motifs is 8. The summed E-state index contributed by atoms with van der Waals surface area (Å²) < 4.78 is 6.20. The van der Waals surface area contributed by atoms with Crippen LogP contribution >= 0.6 is 0 Å². The van der Waals surface area contributed by atoms with Crippen LogP contribution in [0.3, 0.4) is 0 Å². The van der Waals surface area contributed by atoms with Crippen LogP contribution in [0, 0.1) is 6.92 Å². The molecule has 0 N–H and O–H groups in total. The third kappa shape index (κ3) is 3.89. The SMILES string of the molecule is Cc1cccc(-c2nc(-c3ccc4c(ccc5c6ccccc6ccc45)c3)nc(-c3cccc4oc5ccccc5c34)n2)c1. The lowest BCUT2D eigenvalue weighted by atomic mass is 9.96. The lowest BCUT2D eigenvalue weighted by molar-refractivity contribution is 0.669. The van der Waals surface area contributed by atoms with Gasteiger partial charge in [0.25, 0.3) is 0 Å². The molecule has 2 heterocycles. The van der Waals surface area contributed by atoms with E-state index in [4.69, 9.17) is 19.4 Å². The number of benzene rings is 7. The van der Waals surface area contributed by atoms with E-state index in [1.54, 1.807) is 0 Å². The molecule has 0 fully saturated rings. The Balaban J connectivity index is 1.28. The molecule has 0 atom stereocenters. The number of furan rings is 1. The van der Waals surface area contributed by atoms with Gasteiger partial charge in [0.1, 0.15) is 11.2 Å². The van der Waals surface area contributed by atoms with Gasteiger partial charge in [0.05, 0.1) is 0 Å². The van der Waals surface area contributed by atoms with Crippen molar-refractivity contribution in [3.05, 3.63) is 139 Å². The van der Waals surface area contributed by atoms with Crippen molar-refractivity contribution in [2.75, 3.05) is 0 Å². The summed E-state index contributed by atoms with van der Waals surface area (Å²) in [6, 6.07) is 46.4. The van der Waals surface area contributed by atoms with E-state index < -0.39 is 0 Å². The lowest BCUT2D eigenvalue weighted by Gasteiger charge is -2.11. The van der Waals surface area contributed by atoms with Crippen molar-refractivity contribution in [1.82, 2.24) is 15.0 Å². The Labute approximate surface area is 253 Å². The molecule has 0 spiro atoms. The summed E-state index contributed by atoms with van der Waals surface area (Å²) in [4.78, 5) is 15.2. The van der Waals surface area contributed by atoms with E-state index in [9.17, 15) is 0 Å². The smallest absolute Gasteiger partial charge is 0.164 e. The highest BCUT2D eigenvalue weighted by Crippen LogP contribution is 2.37. The van der Waals surface area contributed by atoms with E-state index in [-0.39, 0.29) is 0 Å². The van der Waals surface area contributed by atoms with Crippen LogP contribution in [0.25, 0.3) is 88.4 Å². The van der Waals surface area contributed by atoms with Gasteiger partial charge in [-0.1, -0.05) is 115 Å². The molecule has 9 aromatic rings. The molecule has 2 aromatic heterocycles. The van der Waals surface area contributed by atoms with Crippen molar-refractivity contribution >= 4 is 54.3 Å². The van der Waals surface area contributed by atoms with Crippen LogP contribution in [0.5, 0.6) is 0 Å². The van der Waals surface area contributed by atoms with Crippen molar-refractivity contribution in [1.29, 1.82) is 0 Å². The van der Waals surface area contributed by atoms with Crippen LogP contribution in [0.4, 0.5) is 0 Å². The van der Waals surface area contributed by atoms with Gasteiger partial charge in [-0.05, 0) is 63.5 Å². The van der Waals surface area contributed by atoms with E-state index in [1.807, 2.05) is 36.4 Å². The molecular weight excluding hydrogens is 538 g/mol.